The molecule has 2 heterocycles. The van der Waals surface area contributed by atoms with Gasteiger partial charge in [0.15, 0.2) is 0 Å². The van der Waals surface area contributed by atoms with Crippen LogP contribution >= 0.6 is 13.8 Å². The number of hydrogen-bond donors (Lipinski definition) is 0. The lowest BCUT2D eigenvalue weighted by Crippen LogP contribution is -2.41. The number of benzene rings is 6. The Balaban J connectivity index is 1.72. The van der Waals surface area contributed by atoms with Gasteiger partial charge < -0.3 is 0 Å². The normalized spacial score (nSPS) is 15.8. The first-order chi connectivity index (χ1) is 20.8. The fourth-order valence-corrected chi connectivity index (χ4v) is 15.9. The van der Waals surface area contributed by atoms with Crippen LogP contribution in [0.3, 0.4) is 0 Å². The summed E-state index contributed by atoms with van der Waals surface area (Å²) in [5.74, 6) is 0. The van der Waals surface area contributed by atoms with Crippen molar-refractivity contribution >= 4 is 56.9 Å². The number of rotatable bonds is 4. The predicted molar refractivity (Wildman–Crippen MR) is 183 cm³/mol. The monoisotopic (exact) mass is 574 g/mol. The van der Waals surface area contributed by atoms with Crippen molar-refractivity contribution in [3.8, 4) is 0 Å². The van der Waals surface area contributed by atoms with Crippen LogP contribution in [0.4, 0.5) is 5.69 Å². The van der Waals surface area contributed by atoms with Crippen LogP contribution in [0, 0.1) is 4.94 Å². The smallest absolute Gasteiger partial charge is 0.0989 e. The highest BCUT2D eigenvalue weighted by molar-refractivity contribution is 8.05. The Morgan fingerprint density at radius 3 is 1.33 bits per heavy atom. The van der Waals surface area contributed by atoms with E-state index in [2.05, 4.69) is 170 Å². The highest BCUT2D eigenvalue weighted by Crippen LogP contribution is 2.59. The lowest BCUT2D eigenvalue weighted by Gasteiger charge is -2.40. The van der Waals surface area contributed by atoms with Crippen molar-refractivity contribution in [1.82, 2.24) is 0 Å². The van der Waals surface area contributed by atoms with Crippen LogP contribution in [-0.4, -0.2) is 10.9 Å². The second-order valence-corrected chi connectivity index (χ2v) is 17.1. The molecule has 8 rings (SSSR count). The van der Waals surface area contributed by atoms with Crippen molar-refractivity contribution in [2.24, 2.45) is 9.98 Å². The molecule has 0 aliphatic carbocycles. The Labute approximate surface area is 246 Å². The molecule has 0 amide bonds. The Morgan fingerprint density at radius 1 is 0.357 bits per heavy atom. The maximum Gasteiger partial charge on any atom is 0.0989 e. The summed E-state index contributed by atoms with van der Waals surface area (Å²) in [6.45, 7) is -4.89. The molecule has 0 bridgehead atoms. The molecule has 4 heteroatoms. The summed E-state index contributed by atoms with van der Waals surface area (Å²) < 4.78 is 0. The van der Waals surface area contributed by atoms with E-state index in [0.717, 1.165) is 21.9 Å². The Kier molecular flexibility index (Phi) is 6.08. The van der Waals surface area contributed by atoms with Gasteiger partial charge in [-0.3, -0.25) is 0 Å². The molecule has 0 atom stereocenters. The summed E-state index contributed by atoms with van der Waals surface area (Å²) in [4.78, 5) is 12.6. The Hall–Kier alpha value is -4.48. The van der Waals surface area contributed by atoms with E-state index in [4.69, 9.17) is 9.98 Å². The number of aliphatic imine (C=N–C) groups is 1. The molecule has 0 radical (unpaired) electrons. The van der Waals surface area contributed by atoms with E-state index in [1.54, 1.807) is 0 Å². The highest BCUT2D eigenvalue weighted by Gasteiger charge is 2.44. The van der Waals surface area contributed by atoms with Crippen LogP contribution < -0.4 is 31.9 Å². The molecule has 42 heavy (non-hydrogen) atoms. The van der Waals surface area contributed by atoms with Crippen molar-refractivity contribution in [3.63, 3.8) is 0 Å². The van der Waals surface area contributed by atoms with Gasteiger partial charge in [-0.2, -0.15) is 0 Å². The largest absolute Gasteiger partial charge is 0.245 e. The molecule has 0 saturated heterocycles. The first-order valence-electron chi connectivity index (χ1n) is 14.2. The van der Waals surface area contributed by atoms with Crippen molar-refractivity contribution in [3.05, 3.63) is 180 Å². The van der Waals surface area contributed by atoms with Crippen LogP contribution in [-0.2, 0) is 0 Å². The number of hydrogen-bond acceptors (Lipinski definition) is 2. The van der Waals surface area contributed by atoms with E-state index in [1.807, 2.05) is 0 Å². The topological polar surface area (TPSA) is 24.7 Å². The molecular weight excluding hydrogens is 546 g/mol. The van der Waals surface area contributed by atoms with Gasteiger partial charge in [0.05, 0.1) is 21.9 Å². The third-order valence-corrected chi connectivity index (χ3v) is 16.9. The quantitative estimate of drug-likeness (QED) is 0.218. The van der Waals surface area contributed by atoms with E-state index in [0.29, 0.717) is 0 Å². The molecule has 6 aromatic rings. The minimum Gasteiger partial charge on any atom is -0.245 e. The van der Waals surface area contributed by atoms with Crippen molar-refractivity contribution in [1.29, 1.82) is 0 Å². The van der Waals surface area contributed by atoms with Crippen molar-refractivity contribution < 1.29 is 0 Å². The van der Waals surface area contributed by atoms with Gasteiger partial charge in [0, 0.05) is 24.0 Å². The van der Waals surface area contributed by atoms with Gasteiger partial charge in [0.2, 0.25) is 0 Å². The molecule has 0 aromatic heterocycles. The standard InChI is InChI=1S/C38H28N2P2/c1-5-17-29(18-6-1)41(30-19-7-2-8-20-30)35-27-15-13-25-33(35)40-38-37(41)39-34-26-14-16-28-36(34)42(38,31-21-9-3-10-22-31)32-23-11-4-12-24-32/h1-28H. The molecule has 200 valence electrons. The van der Waals surface area contributed by atoms with Crippen molar-refractivity contribution in [2.75, 3.05) is 0 Å². The lowest BCUT2D eigenvalue weighted by atomic mass is 10.3. The summed E-state index contributed by atoms with van der Waals surface area (Å²) >= 11 is 0. The fourth-order valence-electron chi connectivity index (χ4n) is 6.64. The van der Waals surface area contributed by atoms with E-state index in [1.165, 1.54) is 31.5 Å². The summed E-state index contributed by atoms with van der Waals surface area (Å²) in [5, 5.41) is 7.51. The zero-order chi connectivity index (χ0) is 28.0. The lowest BCUT2D eigenvalue weighted by molar-refractivity contribution is 1.39. The summed E-state index contributed by atoms with van der Waals surface area (Å²) in [6, 6.07) is 61.7. The average Bonchev–Trinajstić information content (AvgIpc) is 3.08. The summed E-state index contributed by atoms with van der Waals surface area (Å²) in [6.07, 6.45) is 0. The zero-order valence-electron chi connectivity index (χ0n) is 23.0. The fraction of sp³-hybridized carbons (Fsp3) is 0. The van der Waals surface area contributed by atoms with Crippen LogP contribution in [0.2, 0.25) is 0 Å². The predicted octanol–water partition coefficient (Wildman–Crippen LogP) is 6.41. The first kappa shape index (κ1) is 25.2. The van der Waals surface area contributed by atoms with E-state index >= 15 is 0 Å². The van der Waals surface area contributed by atoms with Gasteiger partial charge in [0.1, 0.15) is 0 Å². The average molecular weight is 575 g/mol. The van der Waals surface area contributed by atoms with Crippen LogP contribution in [0.25, 0.3) is 0 Å². The van der Waals surface area contributed by atoms with Gasteiger partial charge in [-0.05, 0) is 33.4 Å². The van der Waals surface area contributed by atoms with Gasteiger partial charge in [-0.25, -0.2) is 9.98 Å². The third-order valence-electron chi connectivity index (χ3n) is 8.35. The van der Waals surface area contributed by atoms with Gasteiger partial charge in [-0.1, -0.05) is 158 Å². The maximum atomic E-state index is 5.68. The molecule has 2 nitrogen and oxygen atoms in total. The van der Waals surface area contributed by atoms with E-state index < -0.39 is 13.8 Å². The molecule has 2 aliphatic heterocycles. The highest BCUT2D eigenvalue weighted by atomic mass is 31.2. The minimum absolute atomic E-state index is 1.04. The van der Waals surface area contributed by atoms with Crippen LogP contribution in [0.1, 0.15) is 0 Å². The Morgan fingerprint density at radius 2 is 0.786 bits per heavy atom. The molecule has 0 unspecified atom stereocenters. The molecule has 0 fully saturated rings. The van der Waals surface area contributed by atoms with E-state index in [-0.39, 0.29) is 0 Å². The van der Waals surface area contributed by atoms with Crippen molar-refractivity contribution in [2.45, 2.75) is 0 Å². The molecule has 2 aliphatic rings. The number of para-hydroxylation sites is 2. The molecule has 0 N–H and O–H groups in total. The molecular formula is C38H28N2P2. The zero-order valence-corrected chi connectivity index (χ0v) is 24.7. The number of nitrogens with zero attached hydrogens (tertiary/aromatic N) is 2. The second-order valence-electron chi connectivity index (χ2n) is 10.5. The summed E-state index contributed by atoms with van der Waals surface area (Å²) in [5.41, 5.74) is 3.29. The van der Waals surface area contributed by atoms with Gasteiger partial charge in [-0.15, -0.1) is 0 Å². The molecule has 0 saturated carbocycles. The number of fused-ring (bicyclic) bond motifs is 3. The Bertz CT molecular complexity index is 2100. The van der Waals surface area contributed by atoms with Crippen LogP contribution in [0.15, 0.2) is 180 Å². The third kappa shape index (κ3) is 3.53. The van der Waals surface area contributed by atoms with Gasteiger partial charge >= 0.3 is 0 Å². The first-order valence-corrected chi connectivity index (χ1v) is 17.8. The SMILES string of the molecule is c1ccc(P2(c3ccccc3)=C3N=c4ccccc4=P(c4ccccc4)(c4ccccc4)C3=Nc3ccccc32)cc1. The maximum absolute atomic E-state index is 5.68. The van der Waals surface area contributed by atoms with Gasteiger partial charge in [0.25, 0.3) is 0 Å². The summed E-state index contributed by atoms with van der Waals surface area (Å²) in [7, 11) is 0. The second kappa shape index (κ2) is 10.1. The minimum atomic E-state index is -2.45. The molecule has 6 aromatic carbocycles. The van der Waals surface area contributed by atoms with E-state index in [9.17, 15) is 0 Å². The van der Waals surface area contributed by atoms with Crippen LogP contribution in [0.5, 0.6) is 0 Å². The molecule has 0 spiro atoms.